The number of aliphatic hydroxyl groups is 1. The lowest BCUT2D eigenvalue weighted by Gasteiger charge is -2.40. The highest BCUT2D eigenvalue weighted by Gasteiger charge is 2.27. The molecule has 0 aliphatic carbocycles. The normalized spacial score (nSPS) is 23.8. The first kappa shape index (κ1) is 24.3. The number of rotatable bonds is 9. The van der Waals surface area contributed by atoms with Crippen molar-refractivity contribution in [2.24, 2.45) is 10.9 Å². The molecule has 2 aliphatic heterocycles. The maximum atomic E-state index is 10.8. The van der Waals surface area contributed by atoms with Gasteiger partial charge in [-0.05, 0) is 26.8 Å². The van der Waals surface area contributed by atoms with E-state index in [-0.39, 0.29) is 0 Å². The third-order valence-electron chi connectivity index (χ3n) is 5.85. The summed E-state index contributed by atoms with van der Waals surface area (Å²) in [6.45, 7) is 18.9. The molecule has 29 heavy (non-hydrogen) atoms. The average molecular weight is 413 g/mol. The van der Waals surface area contributed by atoms with E-state index in [0.717, 1.165) is 71.5 Å². The Morgan fingerprint density at radius 1 is 1.10 bits per heavy atom. The second-order valence-corrected chi connectivity index (χ2v) is 9.11. The van der Waals surface area contributed by atoms with Crippen LogP contribution in [0, 0.1) is 5.92 Å². The van der Waals surface area contributed by atoms with E-state index in [2.05, 4.69) is 53.2 Å². The molecule has 8 nitrogen and oxygen atoms in total. The number of ether oxygens (including phenoxy) is 1. The molecule has 0 radical (unpaired) electrons. The van der Waals surface area contributed by atoms with Crippen LogP contribution in [0.5, 0.6) is 0 Å². The van der Waals surface area contributed by atoms with Gasteiger partial charge in [-0.2, -0.15) is 0 Å². The van der Waals surface area contributed by atoms with Crippen molar-refractivity contribution in [1.29, 1.82) is 0 Å². The molecule has 2 unspecified atom stereocenters. The third kappa shape index (κ3) is 8.76. The van der Waals surface area contributed by atoms with Crippen LogP contribution in [-0.4, -0.2) is 123 Å². The quantitative estimate of drug-likeness (QED) is 0.361. The van der Waals surface area contributed by atoms with Gasteiger partial charge in [0.15, 0.2) is 5.96 Å². The minimum atomic E-state index is -0.853. The number of hydrogen-bond acceptors (Lipinski definition) is 6. The Hall–Kier alpha value is -0.930. The fourth-order valence-corrected chi connectivity index (χ4v) is 4.02. The molecule has 0 amide bonds. The van der Waals surface area contributed by atoms with Crippen LogP contribution in [0.25, 0.3) is 0 Å². The van der Waals surface area contributed by atoms with Crippen molar-refractivity contribution in [2.45, 2.75) is 39.3 Å². The molecular weight excluding hydrogens is 368 g/mol. The van der Waals surface area contributed by atoms with Crippen LogP contribution in [0.1, 0.15) is 27.7 Å². The fourth-order valence-electron chi connectivity index (χ4n) is 4.02. The molecule has 2 aliphatic rings. The van der Waals surface area contributed by atoms with Crippen molar-refractivity contribution in [3.05, 3.63) is 0 Å². The Bertz CT molecular complexity index is 486. The summed E-state index contributed by atoms with van der Waals surface area (Å²) in [6, 6.07) is 0.474. The van der Waals surface area contributed by atoms with Gasteiger partial charge in [-0.25, -0.2) is 0 Å². The van der Waals surface area contributed by atoms with Crippen LogP contribution in [0.4, 0.5) is 0 Å². The predicted molar refractivity (Wildman–Crippen MR) is 120 cm³/mol. The van der Waals surface area contributed by atoms with E-state index in [0.29, 0.717) is 25.0 Å². The van der Waals surface area contributed by atoms with Gasteiger partial charge in [0.2, 0.25) is 0 Å². The number of aliphatic imine (C=N–C) groups is 1. The molecule has 2 heterocycles. The van der Waals surface area contributed by atoms with E-state index in [1.165, 1.54) is 0 Å². The van der Waals surface area contributed by atoms with Gasteiger partial charge in [-0.1, -0.05) is 13.8 Å². The zero-order valence-corrected chi connectivity index (χ0v) is 19.3. The van der Waals surface area contributed by atoms with Crippen LogP contribution in [0.3, 0.4) is 0 Å². The van der Waals surface area contributed by atoms with E-state index in [4.69, 9.17) is 9.73 Å². The lowest BCUT2D eigenvalue weighted by atomic mass is 10.0. The zero-order valence-electron chi connectivity index (χ0n) is 19.3. The maximum absolute atomic E-state index is 10.8. The average Bonchev–Trinajstić information content (AvgIpc) is 2.68. The van der Waals surface area contributed by atoms with Gasteiger partial charge >= 0.3 is 0 Å². The molecule has 2 rings (SSSR count). The number of likely N-dealkylation sites (N-methyl/N-ethyl adjacent to an activating group) is 1. The van der Waals surface area contributed by atoms with Gasteiger partial charge in [-0.3, -0.25) is 14.8 Å². The van der Waals surface area contributed by atoms with Gasteiger partial charge in [0.05, 0.1) is 25.4 Å². The third-order valence-corrected chi connectivity index (χ3v) is 5.85. The number of morpholine rings is 1. The summed E-state index contributed by atoms with van der Waals surface area (Å²) in [5.74, 6) is 1.35. The molecule has 2 fully saturated rings. The molecular formula is C21H44N6O2. The minimum Gasteiger partial charge on any atom is -0.387 e. The number of β-amino-alcohol motifs (C(OH)–C–C–N with tert-alkyl or cyclic N) is 1. The predicted octanol–water partition coefficient (Wildman–Crippen LogP) is -0.103. The number of nitrogens with one attached hydrogen (secondary N) is 2. The molecule has 0 aromatic heterocycles. The monoisotopic (exact) mass is 412 g/mol. The Balaban J connectivity index is 1.89. The standard InChI is InChI=1S/C21H44N6O2/c1-6-22-20(24-16-21(4,28)17-26-11-13-29-14-12-26)23-15-19(18(2)3)27-9-7-25(5)8-10-27/h18-19,28H,6-17H2,1-5H3,(H2,22,23,24). The van der Waals surface area contributed by atoms with Crippen molar-refractivity contribution in [3.63, 3.8) is 0 Å². The highest BCUT2D eigenvalue weighted by Crippen LogP contribution is 2.13. The van der Waals surface area contributed by atoms with Crippen molar-refractivity contribution < 1.29 is 9.84 Å². The first-order chi connectivity index (χ1) is 13.8. The van der Waals surface area contributed by atoms with E-state index in [1.807, 2.05) is 6.92 Å². The van der Waals surface area contributed by atoms with E-state index in [1.54, 1.807) is 0 Å². The topological polar surface area (TPSA) is 75.6 Å². The molecule has 0 aromatic carbocycles. The molecule has 170 valence electrons. The first-order valence-corrected chi connectivity index (χ1v) is 11.3. The second-order valence-electron chi connectivity index (χ2n) is 9.11. The lowest BCUT2D eigenvalue weighted by molar-refractivity contribution is -0.0180. The number of nitrogens with zero attached hydrogens (tertiary/aromatic N) is 4. The van der Waals surface area contributed by atoms with Crippen LogP contribution in [0.15, 0.2) is 4.99 Å². The molecule has 8 heteroatoms. The lowest BCUT2D eigenvalue weighted by Crippen LogP contribution is -2.55. The van der Waals surface area contributed by atoms with Gasteiger partial charge in [0.25, 0.3) is 0 Å². The molecule has 2 atom stereocenters. The maximum Gasteiger partial charge on any atom is 0.191 e. The van der Waals surface area contributed by atoms with Crippen LogP contribution < -0.4 is 10.6 Å². The van der Waals surface area contributed by atoms with Gasteiger partial charge in [0.1, 0.15) is 0 Å². The minimum absolute atomic E-state index is 0.376. The molecule has 0 spiro atoms. The zero-order chi connectivity index (χ0) is 21.3. The number of piperazine rings is 1. The summed E-state index contributed by atoms with van der Waals surface area (Å²) in [6.07, 6.45) is 0. The summed E-state index contributed by atoms with van der Waals surface area (Å²) in [7, 11) is 2.19. The molecule has 3 N–H and O–H groups in total. The molecule has 0 aromatic rings. The van der Waals surface area contributed by atoms with E-state index < -0.39 is 5.60 Å². The Labute approximate surface area is 177 Å². The van der Waals surface area contributed by atoms with Crippen LogP contribution >= 0.6 is 0 Å². The van der Waals surface area contributed by atoms with E-state index >= 15 is 0 Å². The largest absolute Gasteiger partial charge is 0.387 e. The SMILES string of the molecule is CCNC(=NCC(C)(O)CN1CCOCC1)NCC(C(C)C)N1CCN(C)CC1. The Morgan fingerprint density at radius 2 is 1.76 bits per heavy atom. The first-order valence-electron chi connectivity index (χ1n) is 11.3. The summed E-state index contributed by atoms with van der Waals surface area (Å²) in [4.78, 5) is 11.9. The van der Waals surface area contributed by atoms with Crippen LogP contribution in [0.2, 0.25) is 0 Å². The molecule has 0 bridgehead atoms. The molecule has 2 saturated heterocycles. The summed E-state index contributed by atoms with van der Waals surface area (Å²) >= 11 is 0. The van der Waals surface area contributed by atoms with Gasteiger partial charge < -0.3 is 25.4 Å². The summed E-state index contributed by atoms with van der Waals surface area (Å²) in [5, 5.41) is 17.7. The van der Waals surface area contributed by atoms with Crippen molar-refractivity contribution in [1.82, 2.24) is 25.3 Å². The highest BCUT2D eigenvalue weighted by atomic mass is 16.5. The second kappa shape index (κ2) is 12.1. The summed E-state index contributed by atoms with van der Waals surface area (Å²) < 4.78 is 5.40. The molecule has 0 saturated carbocycles. The number of guanidine groups is 1. The fraction of sp³-hybridized carbons (Fsp3) is 0.952. The smallest absolute Gasteiger partial charge is 0.191 e. The number of hydrogen-bond donors (Lipinski definition) is 3. The van der Waals surface area contributed by atoms with E-state index in [9.17, 15) is 5.11 Å². The van der Waals surface area contributed by atoms with Crippen molar-refractivity contribution in [2.75, 3.05) is 85.7 Å². The van der Waals surface area contributed by atoms with Gasteiger partial charge in [-0.15, -0.1) is 0 Å². The summed E-state index contributed by atoms with van der Waals surface area (Å²) in [5.41, 5.74) is -0.853. The Morgan fingerprint density at radius 3 is 2.34 bits per heavy atom. The Kier molecular flexibility index (Phi) is 10.1. The highest BCUT2D eigenvalue weighted by molar-refractivity contribution is 5.79. The van der Waals surface area contributed by atoms with Crippen LogP contribution in [-0.2, 0) is 4.74 Å². The van der Waals surface area contributed by atoms with Crippen molar-refractivity contribution in [3.8, 4) is 0 Å². The van der Waals surface area contributed by atoms with Gasteiger partial charge in [0, 0.05) is 64.9 Å². The van der Waals surface area contributed by atoms with Crippen molar-refractivity contribution >= 4 is 5.96 Å².